The highest BCUT2D eigenvalue weighted by Gasteiger charge is 2.35. The molecule has 1 aromatic carbocycles. The number of aromatic nitrogens is 1. The van der Waals surface area contributed by atoms with Gasteiger partial charge in [-0.1, -0.05) is 18.2 Å². The summed E-state index contributed by atoms with van der Waals surface area (Å²) >= 11 is 2.88. The van der Waals surface area contributed by atoms with Gasteiger partial charge in [0.2, 0.25) is 0 Å². The van der Waals surface area contributed by atoms with Gasteiger partial charge in [-0.25, -0.2) is 4.98 Å². The third kappa shape index (κ3) is 3.45. The summed E-state index contributed by atoms with van der Waals surface area (Å²) in [5.74, 6) is -0.576. The number of rotatable bonds is 5. The van der Waals surface area contributed by atoms with Gasteiger partial charge >= 0.3 is 0 Å². The summed E-state index contributed by atoms with van der Waals surface area (Å²) in [6.07, 6.45) is 0.781. The van der Waals surface area contributed by atoms with Crippen molar-refractivity contribution in [2.75, 3.05) is 25.0 Å². The van der Waals surface area contributed by atoms with Crippen LogP contribution in [-0.2, 0) is 13.0 Å². The van der Waals surface area contributed by atoms with Gasteiger partial charge in [0.15, 0.2) is 5.13 Å². The molecule has 2 aromatic heterocycles. The number of fused-ring (bicyclic) bond motifs is 2. The molecule has 3 aromatic rings. The van der Waals surface area contributed by atoms with E-state index in [1.54, 1.807) is 30.3 Å². The Kier molecular flexibility index (Phi) is 4.93. The van der Waals surface area contributed by atoms with Crippen LogP contribution in [0.3, 0.4) is 0 Å². The second-order valence-electron chi connectivity index (χ2n) is 7.15. The highest BCUT2D eigenvalue weighted by Crippen LogP contribution is 2.29. The molecule has 2 aliphatic rings. The highest BCUT2D eigenvalue weighted by atomic mass is 32.1. The fraction of sp³-hybridized carbons (Fsp3) is 0.238. The maximum atomic E-state index is 12.5. The van der Waals surface area contributed by atoms with Gasteiger partial charge in [-0.15, -0.1) is 22.7 Å². The van der Waals surface area contributed by atoms with Crippen molar-refractivity contribution >= 4 is 45.5 Å². The lowest BCUT2D eigenvalue weighted by molar-refractivity contribution is 0.0633. The molecule has 0 saturated carbocycles. The molecule has 0 fully saturated rings. The fourth-order valence-corrected chi connectivity index (χ4v) is 5.41. The van der Waals surface area contributed by atoms with E-state index in [-0.39, 0.29) is 17.7 Å². The average molecular weight is 439 g/mol. The summed E-state index contributed by atoms with van der Waals surface area (Å²) < 4.78 is 0. The minimum atomic E-state index is -0.218. The molecule has 5 rings (SSSR count). The summed E-state index contributed by atoms with van der Waals surface area (Å²) in [6, 6.07) is 10.6. The first-order valence-corrected chi connectivity index (χ1v) is 11.3. The molecule has 0 unspecified atom stereocenters. The maximum Gasteiger partial charge on any atom is 0.267 e. The van der Waals surface area contributed by atoms with Crippen molar-refractivity contribution in [3.63, 3.8) is 0 Å². The molecule has 0 spiro atoms. The second-order valence-corrected chi connectivity index (χ2v) is 9.19. The Balaban J connectivity index is 1.21. The van der Waals surface area contributed by atoms with E-state index in [1.165, 1.54) is 27.6 Å². The third-order valence-electron chi connectivity index (χ3n) is 5.29. The number of anilines is 1. The maximum absolute atomic E-state index is 12.5. The van der Waals surface area contributed by atoms with Crippen molar-refractivity contribution in [1.82, 2.24) is 14.8 Å². The Morgan fingerprint density at radius 2 is 1.83 bits per heavy atom. The second kappa shape index (κ2) is 7.75. The zero-order chi connectivity index (χ0) is 20.7. The number of thiazole rings is 1. The molecule has 152 valence electrons. The molecule has 30 heavy (non-hydrogen) atoms. The van der Waals surface area contributed by atoms with Gasteiger partial charge in [0.05, 0.1) is 21.7 Å². The monoisotopic (exact) mass is 438 g/mol. The van der Waals surface area contributed by atoms with Crippen LogP contribution in [0.25, 0.3) is 0 Å². The van der Waals surface area contributed by atoms with E-state index < -0.39 is 0 Å². The van der Waals surface area contributed by atoms with Gasteiger partial charge < -0.3 is 0 Å². The van der Waals surface area contributed by atoms with Crippen LogP contribution in [0.2, 0.25) is 0 Å². The van der Waals surface area contributed by atoms with Crippen molar-refractivity contribution in [2.45, 2.75) is 13.0 Å². The molecule has 0 saturated heterocycles. The fourth-order valence-electron chi connectivity index (χ4n) is 3.74. The first kappa shape index (κ1) is 19.1. The molecule has 0 aliphatic carbocycles. The molecule has 9 heteroatoms. The number of nitrogens with one attached hydrogen (secondary N) is 1. The lowest BCUT2D eigenvalue weighted by Gasteiger charge is -2.27. The Hall–Kier alpha value is -2.88. The van der Waals surface area contributed by atoms with E-state index >= 15 is 0 Å². The van der Waals surface area contributed by atoms with Gasteiger partial charge in [0.1, 0.15) is 0 Å². The van der Waals surface area contributed by atoms with Gasteiger partial charge in [-0.3, -0.25) is 29.5 Å². The quantitative estimate of drug-likeness (QED) is 0.619. The molecule has 4 heterocycles. The van der Waals surface area contributed by atoms with E-state index in [1.807, 2.05) is 11.4 Å². The highest BCUT2D eigenvalue weighted by molar-refractivity contribution is 7.16. The van der Waals surface area contributed by atoms with E-state index in [0.29, 0.717) is 40.8 Å². The largest absolute Gasteiger partial charge is 0.297 e. The summed E-state index contributed by atoms with van der Waals surface area (Å²) in [6.45, 7) is 2.48. The molecular formula is C21H18N4O3S2. The summed E-state index contributed by atoms with van der Waals surface area (Å²) in [5, 5.41) is 5.36. The smallest absolute Gasteiger partial charge is 0.267 e. The summed E-state index contributed by atoms with van der Waals surface area (Å²) in [4.78, 5) is 47.2. The Labute approximate surface area is 181 Å². The molecule has 1 N–H and O–H groups in total. The predicted molar refractivity (Wildman–Crippen MR) is 115 cm³/mol. The van der Waals surface area contributed by atoms with Crippen molar-refractivity contribution < 1.29 is 14.4 Å². The van der Waals surface area contributed by atoms with Gasteiger partial charge in [0, 0.05) is 37.5 Å². The minimum Gasteiger partial charge on any atom is -0.297 e. The number of carbonyl (C=O) groups is 3. The summed E-state index contributed by atoms with van der Waals surface area (Å²) in [5.41, 5.74) is 1.98. The number of carbonyl (C=O) groups excluding carboxylic acids is 3. The van der Waals surface area contributed by atoms with Crippen molar-refractivity contribution in [3.05, 3.63) is 68.4 Å². The molecule has 0 bridgehead atoms. The zero-order valence-electron chi connectivity index (χ0n) is 16.0. The first-order valence-electron chi connectivity index (χ1n) is 9.61. The Morgan fingerprint density at radius 1 is 1.07 bits per heavy atom. The first-order chi connectivity index (χ1) is 14.6. The number of nitrogens with zero attached hydrogens (tertiary/aromatic N) is 3. The molecule has 0 radical (unpaired) electrons. The molecule has 2 aliphatic heterocycles. The number of thiophene rings is 1. The number of benzene rings is 1. The van der Waals surface area contributed by atoms with Crippen molar-refractivity contribution in [2.24, 2.45) is 0 Å². The number of hydrogen-bond acceptors (Lipinski definition) is 7. The van der Waals surface area contributed by atoms with Crippen LogP contribution in [0.15, 0.2) is 41.8 Å². The van der Waals surface area contributed by atoms with E-state index in [2.05, 4.69) is 15.2 Å². The lowest BCUT2D eigenvalue weighted by Crippen LogP contribution is -2.40. The van der Waals surface area contributed by atoms with E-state index in [9.17, 15) is 14.4 Å². The van der Waals surface area contributed by atoms with Crippen LogP contribution in [0.4, 0.5) is 5.13 Å². The standard InChI is InChI=1S/C21H18N4O3S2/c26-18(16-6-3-11-29-16)23-21-22-15-7-8-24(12-17(15)30-21)9-10-25-19(27)13-4-1-2-5-14(13)20(25)28/h1-6,11H,7-10,12H2,(H,22,23,26). The van der Waals surface area contributed by atoms with Gasteiger partial charge in [-0.2, -0.15) is 0 Å². The van der Waals surface area contributed by atoms with Gasteiger partial charge in [0.25, 0.3) is 17.7 Å². The van der Waals surface area contributed by atoms with Crippen LogP contribution in [0.5, 0.6) is 0 Å². The Morgan fingerprint density at radius 3 is 2.53 bits per heavy atom. The lowest BCUT2D eigenvalue weighted by atomic mass is 10.1. The topological polar surface area (TPSA) is 82.6 Å². The zero-order valence-corrected chi connectivity index (χ0v) is 17.6. The molecule has 3 amide bonds. The van der Waals surface area contributed by atoms with E-state index in [0.717, 1.165) is 23.5 Å². The van der Waals surface area contributed by atoms with Crippen LogP contribution >= 0.6 is 22.7 Å². The molecule has 7 nitrogen and oxygen atoms in total. The van der Waals surface area contributed by atoms with E-state index in [4.69, 9.17) is 0 Å². The minimum absolute atomic E-state index is 0.140. The van der Waals surface area contributed by atoms with Crippen molar-refractivity contribution in [3.8, 4) is 0 Å². The van der Waals surface area contributed by atoms with Crippen LogP contribution < -0.4 is 5.32 Å². The normalized spacial score (nSPS) is 15.9. The molecule has 0 atom stereocenters. The number of hydrogen-bond donors (Lipinski definition) is 1. The van der Waals surface area contributed by atoms with Crippen LogP contribution in [0.1, 0.15) is 41.0 Å². The van der Waals surface area contributed by atoms with Crippen LogP contribution in [0, 0.1) is 0 Å². The SMILES string of the molecule is O=C(Nc1nc2c(s1)CN(CCN1C(=O)c3ccccc3C1=O)CC2)c1cccs1. The van der Waals surface area contributed by atoms with Crippen molar-refractivity contribution in [1.29, 1.82) is 0 Å². The third-order valence-corrected chi connectivity index (χ3v) is 7.16. The predicted octanol–water partition coefficient (Wildman–Crippen LogP) is 3.11. The Bertz CT molecular complexity index is 1100. The van der Waals surface area contributed by atoms with Crippen LogP contribution in [-0.4, -0.2) is 52.1 Å². The number of amides is 3. The number of imide groups is 1. The summed E-state index contributed by atoms with van der Waals surface area (Å²) in [7, 11) is 0. The molecular weight excluding hydrogens is 420 g/mol. The average Bonchev–Trinajstić information content (AvgIpc) is 3.47. The van der Waals surface area contributed by atoms with Gasteiger partial charge in [-0.05, 0) is 23.6 Å².